The van der Waals surface area contributed by atoms with Crippen LogP contribution >= 0.6 is 0 Å². The minimum atomic E-state index is -1.06. The molecule has 0 aliphatic rings. The molecule has 0 radical (unpaired) electrons. The van der Waals surface area contributed by atoms with E-state index in [2.05, 4.69) is 5.32 Å². The molecule has 5 heteroatoms. The van der Waals surface area contributed by atoms with Gasteiger partial charge in [0.15, 0.2) is 0 Å². The lowest BCUT2D eigenvalue weighted by molar-refractivity contribution is 0.0657. The number of anilines is 1. The molecule has 0 saturated heterocycles. The molecule has 2 aromatic carbocycles. The van der Waals surface area contributed by atoms with E-state index in [1.807, 2.05) is 32.0 Å². The van der Waals surface area contributed by atoms with Crippen LogP contribution < -0.4 is 5.32 Å². The summed E-state index contributed by atoms with van der Waals surface area (Å²) in [6, 6.07) is 12.0. The highest BCUT2D eigenvalue weighted by Gasteiger charge is 2.11. The summed E-state index contributed by atoms with van der Waals surface area (Å²) in [4.78, 5) is 23.5. The Bertz CT molecular complexity index is 753. The Balaban J connectivity index is 2.15. The molecule has 0 unspecified atom stereocenters. The number of rotatable bonds is 6. The molecule has 1 amide bonds. The van der Waals surface area contributed by atoms with Crippen LogP contribution in [0.15, 0.2) is 42.5 Å². The van der Waals surface area contributed by atoms with Gasteiger partial charge in [0, 0.05) is 11.3 Å². The number of ether oxygens (including phenoxy) is 1. The maximum atomic E-state index is 12.4. The summed E-state index contributed by atoms with van der Waals surface area (Å²) in [5, 5.41) is 11.9. The number of carbonyl (C=O) groups excluding carboxylic acids is 1. The molecule has 0 bridgehead atoms. The van der Waals surface area contributed by atoms with E-state index < -0.39 is 5.97 Å². The maximum Gasteiger partial charge on any atom is 0.335 e. The normalized spacial score (nSPS) is 10.7. The van der Waals surface area contributed by atoms with Crippen molar-refractivity contribution >= 4 is 17.6 Å². The van der Waals surface area contributed by atoms with Crippen molar-refractivity contribution in [3.05, 3.63) is 64.7 Å². The average molecular weight is 327 g/mol. The summed E-state index contributed by atoms with van der Waals surface area (Å²) >= 11 is 0. The van der Waals surface area contributed by atoms with Crippen LogP contribution in [-0.4, -0.2) is 23.1 Å². The van der Waals surface area contributed by atoms with Crippen LogP contribution in [0.5, 0.6) is 0 Å². The van der Waals surface area contributed by atoms with E-state index in [0.29, 0.717) is 17.9 Å². The lowest BCUT2D eigenvalue weighted by Crippen LogP contribution is -2.13. The van der Waals surface area contributed by atoms with Crippen molar-refractivity contribution in [2.24, 2.45) is 0 Å². The van der Waals surface area contributed by atoms with Crippen LogP contribution in [0.2, 0.25) is 0 Å². The van der Waals surface area contributed by atoms with Gasteiger partial charge in [-0.25, -0.2) is 4.79 Å². The topological polar surface area (TPSA) is 75.6 Å². The number of aromatic carboxylic acids is 1. The predicted molar refractivity (Wildman–Crippen MR) is 92.5 cm³/mol. The second kappa shape index (κ2) is 7.75. The van der Waals surface area contributed by atoms with Crippen molar-refractivity contribution in [2.45, 2.75) is 33.5 Å². The zero-order chi connectivity index (χ0) is 17.7. The smallest absolute Gasteiger partial charge is 0.335 e. The van der Waals surface area contributed by atoms with Gasteiger partial charge in [0.2, 0.25) is 0 Å². The minimum Gasteiger partial charge on any atom is -0.478 e. The second-order valence-corrected chi connectivity index (χ2v) is 5.91. The number of carboxylic acid groups (broad SMARTS) is 1. The van der Waals surface area contributed by atoms with Crippen LogP contribution in [0.3, 0.4) is 0 Å². The highest BCUT2D eigenvalue weighted by molar-refractivity contribution is 6.05. The number of carboxylic acids is 1. The van der Waals surface area contributed by atoms with Gasteiger partial charge < -0.3 is 15.2 Å². The lowest BCUT2D eigenvalue weighted by atomic mass is 10.1. The van der Waals surface area contributed by atoms with Crippen LogP contribution in [-0.2, 0) is 11.3 Å². The molecule has 0 aliphatic heterocycles. The van der Waals surface area contributed by atoms with E-state index in [1.54, 1.807) is 19.1 Å². The van der Waals surface area contributed by atoms with E-state index >= 15 is 0 Å². The number of hydrogen-bond acceptors (Lipinski definition) is 3. The molecule has 0 heterocycles. The van der Waals surface area contributed by atoms with Gasteiger partial charge in [-0.2, -0.15) is 0 Å². The van der Waals surface area contributed by atoms with Crippen molar-refractivity contribution in [3.8, 4) is 0 Å². The van der Waals surface area contributed by atoms with Crippen LogP contribution in [0.4, 0.5) is 5.69 Å². The average Bonchev–Trinajstić information content (AvgIpc) is 2.52. The van der Waals surface area contributed by atoms with Gasteiger partial charge in [-0.05, 0) is 62.2 Å². The van der Waals surface area contributed by atoms with Crippen molar-refractivity contribution in [1.82, 2.24) is 0 Å². The van der Waals surface area contributed by atoms with Gasteiger partial charge >= 0.3 is 5.97 Å². The maximum absolute atomic E-state index is 12.4. The fourth-order valence-electron chi connectivity index (χ4n) is 2.24. The van der Waals surface area contributed by atoms with Crippen LogP contribution in [0, 0.1) is 6.92 Å². The lowest BCUT2D eigenvalue weighted by Gasteiger charge is -2.10. The quantitative estimate of drug-likeness (QED) is 0.844. The standard InChI is InChI=1S/C19H21NO4/c1-12(2)24-11-14-5-4-6-17(9-14)20-18(21)15-7-13(3)8-16(10-15)19(22)23/h4-10,12H,11H2,1-3H3,(H,20,21)(H,22,23). The monoisotopic (exact) mass is 327 g/mol. The van der Waals surface area contributed by atoms with Gasteiger partial charge in [0.25, 0.3) is 5.91 Å². The van der Waals surface area contributed by atoms with E-state index in [1.165, 1.54) is 12.1 Å². The van der Waals surface area contributed by atoms with Crippen molar-refractivity contribution < 1.29 is 19.4 Å². The summed E-state index contributed by atoms with van der Waals surface area (Å²) in [5.74, 6) is -1.40. The Hall–Kier alpha value is -2.66. The molecule has 24 heavy (non-hydrogen) atoms. The predicted octanol–water partition coefficient (Wildman–Crippen LogP) is 3.87. The molecule has 0 aliphatic carbocycles. The Kier molecular flexibility index (Phi) is 5.71. The van der Waals surface area contributed by atoms with Crippen LogP contribution in [0.1, 0.15) is 45.7 Å². The van der Waals surface area contributed by atoms with E-state index in [0.717, 1.165) is 11.1 Å². The van der Waals surface area contributed by atoms with E-state index in [4.69, 9.17) is 9.84 Å². The first-order valence-corrected chi connectivity index (χ1v) is 7.72. The number of hydrogen-bond donors (Lipinski definition) is 2. The fraction of sp³-hybridized carbons (Fsp3) is 0.263. The molecule has 0 fully saturated rings. The number of benzene rings is 2. The molecule has 0 aromatic heterocycles. The van der Waals surface area contributed by atoms with E-state index in [-0.39, 0.29) is 17.6 Å². The summed E-state index contributed by atoms with van der Waals surface area (Å²) in [7, 11) is 0. The third-order valence-electron chi connectivity index (χ3n) is 3.35. The minimum absolute atomic E-state index is 0.0965. The molecule has 0 spiro atoms. The molecular weight excluding hydrogens is 306 g/mol. The first-order chi connectivity index (χ1) is 11.3. The second-order valence-electron chi connectivity index (χ2n) is 5.91. The number of carbonyl (C=O) groups is 2. The van der Waals surface area contributed by atoms with Gasteiger partial charge in [-0.15, -0.1) is 0 Å². The number of amides is 1. The SMILES string of the molecule is Cc1cc(C(=O)O)cc(C(=O)Nc2cccc(COC(C)C)c2)c1. The third-order valence-corrected chi connectivity index (χ3v) is 3.35. The Morgan fingerprint density at radius 3 is 2.50 bits per heavy atom. The van der Waals surface area contributed by atoms with Crippen LogP contribution in [0.25, 0.3) is 0 Å². The molecule has 0 saturated carbocycles. The molecule has 2 aromatic rings. The molecule has 0 atom stereocenters. The van der Waals surface area contributed by atoms with Gasteiger partial charge in [0.1, 0.15) is 0 Å². The Morgan fingerprint density at radius 2 is 1.83 bits per heavy atom. The largest absolute Gasteiger partial charge is 0.478 e. The van der Waals surface area contributed by atoms with Gasteiger partial charge in [-0.1, -0.05) is 12.1 Å². The first kappa shape index (κ1) is 17.7. The first-order valence-electron chi connectivity index (χ1n) is 7.72. The summed E-state index contributed by atoms with van der Waals surface area (Å²) < 4.78 is 5.55. The van der Waals surface area contributed by atoms with Gasteiger partial charge in [-0.3, -0.25) is 4.79 Å². The molecular formula is C19H21NO4. The van der Waals surface area contributed by atoms with Gasteiger partial charge in [0.05, 0.1) is 18.3 Å². The summed E-state index contributed by atoms with van der Waals surface area (Å²) in [6.45, 7) is 6.15. The van der Waals surface area contributed by atoms with Crippen molar-refractivity contribution in [3.63, 3.8) is 0 Å². The van der Waals surface area contributed by atoms with Crippen molar-refractivity contribution in [1.29, 1.82) is 0 Å². The Labute approximate surface area is 141 Å². The highest BCUT2D eigenvalue weighted by Crippen LogP contribution is 2.16. The van der Waals surface area contributed by atoms with E-state index in [9.17, 15) is 9.59 Å². The highest BCUT2D eigenvalue weighted by atomic mass is 16.5. The third kappa shape index (κ3) is 4.93. The Morgan fingerprint density at radius 1 is 1.12 bits per heavy atom. The molecule has 126 valence electrons. The zero-order valence-electron chi connectivity index (χ0n) is 14.0. The number of aryl methyl sites for hydroxylation is 1. The van der Waals surface area contributed by atoms with Crippen molar-refractivity contribution in [2.75, 3.05) is 5.32 Å². The molecule has 2 rings (SSSR count). The zero-order valence-corrected chi connectivity index (χ0v) is 14.0. The summed E-state index contributed by atoms with van der Waals surface area (Å²) in [5.41, 5.74) is 2.73. The molecule has 5 nitrogen and oxygen atoms in total. The summed E-state index contributed by atoms with van der Waals surface area (Å²) in [6.07, 6.45) is 0.130. The fourth-order valence-corrected chi connectivity index (χ4v) is 2.24. The number of nitrogens with one attached hydrogen (secondary N) is 1. The molecule has 2 N–H and O–H groups in total.